The van der Waals surface area contributed by atoms with Crippen molar-refractivity contribution in [2.45, 2.75) is 97.0 Å². The van der Waals surface area contributed by atoms with Gasteiger partial charge in [0.1, 0.15) is 0 Å². The second kappa shape index (κ2) is 9.18. The van der Waals surface area contributed by atoms with E-state index in [0.29, 0.717) is 6.10 Å². The molecule has 3 atom stereocenters. The predicted molar refractivity (Wildman–Crippen MR) is 91.5 cm³/mol. The molecule has 0 radical (unpaired) electrons. The number of ether oxygens (including phenoxy) is 1. The van der Waals surface area contributed by atoms with Crippen molar-refractivity contribution in [3.05, 3.63) is 0 Å². The van der Waals surface area contributed by atoms with Gasteiger partial charge >= 0.3 is 0 Å². The lowest BCUT2D eigenvalue weighted by Gasteiger charge is -2.41. The third-order valence-electron chi connectivity index (χ3n) is 6.55. The fourth-order valence-corrected chi connectivity index (χ4v) is 5.07. The Balaban J connectivity index is 1.72. The molecule has 0 amide bonds. The van der Waals surface area contributed by atoms with Crippen LogP contribution in [0.2, 0.25) is 0 Å². The maximum atomic E-state index is 5.70. The molecule has 0 saturated heterocycles. The van der Waals surface area contributed by atoms with Crippen LogP contribution >= 0.6 is 0 Å². The van der Waals surface area contributed by atoms with Crippen molar-refractivity contribution in [1.82, 2.24) is 0 Å². The van der Waals surface area contributed by atoms with Crippen molar-refractivity contribution in [1.29, 1.82) is 0 Å². The van der Waals surface area contributed by atoms with Crippen molar-refractivity contribution < 1.29 is 4.74 Å². The van der Waals surface area contributed by atoms with E-state index in [-0.39, 0.29) is 0 Å². The lowest BCUT2D eigenvalue weighted by molar-refractivity contribution is -0.00838. The quantitative estimate of drug-likeness (QED) is 0.507. The summed E-state index contributed by atoms with van der Waals surface area (Å²) >= 11 is 0. The highest BCUT2D eigenvalue weighted by Crippen LogP contribution is 2.43. The Labute approximate surface area is 133 Å². The Morgan fingerprint density at radius 1 is 0.857 bits per heavy atom. The molecule has 0 aliphatic heterocycles. The zero-order valence-corrected chi connectivity index (χ0v) is 14.8. The van der Waals surface area contributed by atoms with Crippen molar-refractivity contribution in [2.75, 3.05) is 7.11 Å². The fourth-order valence-electron chi connectivity index (χ4n) is 5.07. The minimum Gasteiger partial charge on any atom is -0.381 e. The summed E-state index contributed by atoms with van der Waals surface area (Å²) in [5.74, 6) is 3.94. The van der Waals surface area contributed by atoms with E-state index in [9.17, 15) is 0 Å². The molecule has 2 rings (SSSR count). The zero-order valence-electron chi connectivity index (χ0n) is 14.8. The summed E-state index contributed by atoms with van der Waals surface area (Å²) in [6.45, 7) is 4.67. The van der Waals surface area contributed by atoms with Crippen molar-refractivity contribution in [3.8, 4) is 0 Å². The second-order valence-corrected chi connectivity index (χ2v) is 7.79. The number of hydrogen-bond acceptors (Lipinski definition) is 1. The highest BCUT2D eigenvalue weighted by Gasteiger charge is 2.34. The van der Waals surface area contributed by atoms with Gasteiger partial charge in [-0.25, -0.2) is 0 Å². The maximum Gasteiger partial charge on any atom is 0.0599 e. The summed E-state index contributed by atoms with van der Waals surface area (Å²) in [5.41, 5.74) is 0. The minimum atomic E-state index is 0.552. The fraction of sp³-hybridized carbons (Fsp3) is 1.00. The maximum absolute atomic E-state index is 5.70. The van der Waals surface area contributed by atoms with Crippen LogP contribution in [0.3, 0.4) is 0 Å². The molecule has 2 fully saturated rings. The van der Waals surface area contributed by atoms with Crippen molar-refractivity contribution in [3.63, 3.8) is 0 Å². The molecule has 3 unspecified atom stereocenters. The average molecular weight is 295 g/mol. The number of unbranched alkanes of at least 4 members (excludes halogenated alkanes) is 2. The SMILES string of the molecule is CCCCCC1CCC(C2CCC(OC)C(CC)C2)CC1. The highest BCUT2D eigenvalue weighted by atomic mass is 16.5. The highest BCUT2D eigenvalue weighted by molar-refractivity contribution is 4.86. The number of hydrogen-bond donors (Lipinski definition) is 0. The van der Waals surface area contributed by atoms with Crippen molar-refractivity contribution in [2.24, 2.45) is 23.7 Å². The molecule has 2 saturated carbocycles. The van der Waals surface area contributed by atoms with E-state index in [1.54, 1.807) is 0 Å². The van der Waals surface area contributed by atoms with Crippen LogP contribution in [0.5, 0.6) is 0 Å². The monoisotopic (exact) mass is 294 g/mol. The van der Waals surface area contributed by atoms with Gasteiger partial charge in [0.15, 0.2) is 0 Å². The average Bonchev–Trinajstić information content (AvgIpc) is 2.55. The third-order valence-corrected chi connectivity index (χ3v) is 6.55. The molecule has 1 nitrogen and oxygen atoms in total. The van der Waals surface area contributed by atoms with Gasteiger partial charge in [0, 0.05) is 7.11 Å². The largest absolute Gasteiger partial charge is 0.381 e. The van der Waals surface area contributed by atoms with Crippen LogP contribution in [0.1, 0.15) is 90.9 Å². The van der Waals surface area contributed by atoms with Crippen LogP contribution in [0.15, 0.2) is 0 Å². The second-order valence-electron chi connectivity index (χ2n) is 7.79. The Kier molecular flexibility index (Phi) is 7.57. The summed E-state index contributed by atoms with van der Waals surface area (Å²) in [6.07, 6.45) is 17.9. The van der Waals surface area contributed by atoms with Crippen LogP contribution in [-0.4, -0.2) is 13.2 Å². The van der Waals surface area contributed by atoms with Gasteiger partial charge in [-0.05, 0) is 55.8 Å². The van der Waals surface area contributed by atoms with E-state index in [1.807, 2.05) is 7.11 Å². The number of methoxy groups -OCH3 is 1. The molecular formula is C20H38O. The van der Waals surface area contributed by atoms with Gasteiger partial charge < -0.3 is 4.74 Å². The molecular weight excluding hydrogens is 256 g/mol. The van der Waals surface area contributed by atoms with E-state index in [1.165, 1.54) is 77.0 Å². The summed E-state index contributed by atoms with van der Waals surface area (Å²) in [6, 6.07) is 0. The van der Waals surface area contributed by atoms with Crippen LogP contribution < -0.4 is 0 Å². The molecule has 0 heterocycles. The van der Waals surface area contributed by atoms with Crippen LogP contribution in [-0.2, 0) is 4.74 Å². The van der Waals surface area contributed by atoms with Gasteiger partial charge in [0.05, 0.1) is 6.10 Å². The Morgan fingerprint density at radius 3 is 2.19 bits per heavy atom. The van der Waals surface area contributed by atoms with Gasteiger partial charge in [-0.3, -0.25) is 0 Å². The summed E-state index contributed by atoms with van der Waals surface area (Å²) < 4.78 is 5.70. The lowest BCUT2D eigenvalue weighted by atomic mass is 9.67. The molecule has 0 aromatic rings. The van der Waals surface area contributed by atoms with Gasteiger partial charge in [-0.1, -0.05) is 58.8 Å². The molecule has 0 N–H and O–H groups in total. The van der Waals surface area contributed by atoms with Gasteiger partial charge in [-0.15, -0.1) is 0 Å². The summed E-state index contributed by atoms with van der Waals surface area (Å²) in [4.78, 5) is 0. The predicted octanol–water partition coefficient (Wildman–Crippen LogP) is 6.21. The molecule has 0 spiro atoms. The van der Waals surface area contributed by atoms with Crippen LogP contribution in [0.4, 0.5) is 0 Å². The summed E-state index contributed by atoms with van der Waals surface area (Å²) in [7, 11) is 1.91. The normalized spacial score (nSPS) is 37.6. The zero-order chi connectivity index (χ0) is 15.1. The topological polar surface area (TPSA) is 9.23 Å². The molecule has 0 bridgehead atoms. The Bertz CT molecular complexity index is 267. The van der Waals surface area contributed by atoms with Crippen LogP contribution in [0, 0.1) is 23.7 Å². The Morgan fingerprint density at radius 2 is 1.57 bits per heavy atom. The lowest BCUT2D eigenvalue weighted by Crippen LogP contribution is -2.34. The smallest absolute Gasteiger partial charge is 0.0599 e. The van der Waals surface area contributed by atoms with Crippen molar-refractivity contribution >= 4 is 0 Å². The molecule has 124 valence electrons. The Hall–Kier alpha value is -0.0400. The summed E-state index contributed by atoms with van der Waals surface area (Å²) in [5, 5.41) is 0. The van der Waals surface area contributed by atoms with E-state index >= 15 is 0 Å². The van der Waals surface area contributed by atoms with E-state index in [0.717, 1.165) is 23.7 Å². The first kappa shape index (κ1) is 17.3. The third kappa shape index (κ3) is 4.98. The molecule has 0 aromatic heterocycles. The van der Waals surface area contributed by atoms with Gasteiger partial charge in [0.25, 0.3) is 0 Å². The molecule has 2 aliphatic rings. The van der Waals surface area contributed by atoms with E-state index in [2.05, 4.69) is 13.8 Å². The number of rotatable bonds is 7. The molecule has 21 heavy (non-hydrogen) atoms. The standard InChI is InChI=1S/C20H38O/c1-4-6-7-8-16-9-11-18(12-10-16)19-13-14-20(21-3)17(5-2)15-19/h16-20H,4-15H2,1-3H3. The van der Waals surface area contributed by atoms with E-state index in [4.69, 9.17) is 4.74 Å². The first-order valence-corrected chi connectivity index (χ1v) is 9.81. The molecule has 2 aliphatic carbocycles. The van der Waals surface area contributed by atoms with Crippen LogP contribution in [0.25, 0.3) is 0 Å². The first-order chi connectivity index (χ1) is 10.3. The molecule has 0 aromatic carbocycles. The molecule has 1 heteroatoms. The first-order valence-electron chi connectivity index (χ1n) is 9.81. The van der Waals surface area contributed by atoms with Gasteiger partial charge in [0.2, 0.25) is 0 Å². The minimum absolute atomic E-state index is 0.552. The van der Waals surface area contributed by atoms with E-state index < -0.39 is 0 Å². The van der Waals surface area contributed by atoms with Gasteiger partial charge in [-0.2, -0.15) is 0 Å².